The average Bonchev–Trinajstić information content (AvgIpc) is 2.47. The highest BCUT2D eigenvalue weighted by Gasteiger charge is 2.12. The molecule has 0 fully saturated rings. The van der Waals surface area contributed by atoms with Crippen molar-refractivity contribution in [3.63, 3.8) is 0 Å². The highest BCUT2D eigenvalue weighted by Crippen LogP contribution is 2.17. The van der Waals surface area contributed by atoms with Crippen LogP contribution in [0.3, 0.4) is 0 Å². The third-order valence-corrected chi connectivity index (χ3v) is 3.91. The first-order valence-electron chi connectivity index (χ1n) is 7.43. The third kappa shape index (κ3) is 3.72. The summed E-state index contributed by atoms with van der Waals surface area (Å²) in [7, 11) is 0. The fraction of sp³-hybridized carbons (Fsp3) is 0.316. The van der Waals surface area contributed by atoms with Crippen molar-refractivity contribution in [3.8, 4) is 0 Å². The van der Waals surface area contributed by atoms with Crippen molar-refractivity contribution >= 4 is 11.5 Å². The predicted molar refractivity (Wildman–Crippen MR) is 89.3 cm³/mol. The number of likely N-dealkylation sites (N-methyl/N-ethyl adjacent to an activating group) is 1. The zero-order chi connectivity index (χ0) is 15.4. The van der Waals surface area contributed by atoms with E-state index in [1.807, 2.05) is 31.2 Å². The minimum Gasteiger partial charge on any atom is -0.364 e. The Bertz CT molecular complexity index is 646. The van der Waals surface area contributed by atoms with Gasteiger partial charge in [0.05, 0.1) is 6.54 Å². The van der Waals surface area contributed by atoms with Crippen molar-refractivity contribution in [2.75, 3.05) is 18.0 Å². The lowest BCUT2D eigenvalue weighted by Crippen LogP contribution is -2.29. The third-order valence-electron chi connectivity index (χ3n) is 3.91. The minimum absolute atomic E-state index is 0.168. The molecule has 2 rings (SSSR count). The van der Waals surface area contributed by atoms with E-state index in [4.69, 9.17) is 0 Å². The summed E-state index contributed by atoms with van der Waals surface area (Å²) in [4.78, 5) is 14.6. The molecule has 0 heterocycles. The molecular weight excluding hydrogens is 258 g/mol. The minimum atomic E-state index is 0.168. The van der Waals surface area contributed by atoms with Crippen LogP contribution in [0.15, 0.2) is 42.5 Å². The molecule has 110 valence electrons. The summed E-state index contributed by atoms with van der Waals surface area (Å²) in [5, 5.41) is 0. The maximum absolute atomic E-state index is 12.5. The highest BCUT2D eigenvalue weighted by molar-refractivity contribution is 5.99. The summed E-state index contributed by atoms with van der Waals surface area (Å²) in [5.74, 6) is 0.168. The highest BCUT2D eigenvalue weighted by atomic mass is 16.1. The summed E-state index contributed by atoms with van der Waals surface area (Å²) in [6.45, 7) is 9.50. The van der Waals surface area contributed by atoms with Crippen LogP contribution in [0.25, 0.3) is 0 Å². The van der Waals surface area contributed by atoms with E-state index < -0.39 is 0 Å². The van der Waals surface area contributed by atoms with E-state index in [1.165, 1.54) is 16.7 Å². The second-order valence-corrected chi connectivity index (χ2v) is 5.58. The Kier molecular flexibility index (Phi) is 4.79. The normalized spacial score (nSPS) is 10.5. The van der Waals surface area contributed by atoms with Gasteiger partial charge in [-0.25, -0.2) is 0 Å². The first kappa shape index (κ1) is 15.3. The molecule has 0 atom stereocenters. The van der Waals surface area contributed by atoms with Gasteiger partial charge in [-0.15, -0.1) is 0 Å². The van der Waals surface area contributed by atoms with E-state index >= 15 is 0 Å². The van der Waals surface area contributed by atoms with Crippen LogP contribution in [0.2, 0.25) is 0 Å². The van der Waals surface area contributed by atoms with Crippen molar-refractivity contribution in [2.45, 2.75) is 27.7 Å². The van der Waals surface area contributed by atoms with E-state index in [0.29, 0.717) is 6.54 Å². The number of carbonyl (C=O) groups is 1. The standard InChI is InChI=1S/C19H23NO/c1-5-20(18-8-6-7-14(2)11-18)13-19(21)17-10-9-15(3)16(4)12-17/h6-12H,5,13H2,1-4H3. The molecule has 0 saturated carbocycles. The van der Waals surface area contributed by atoms with Crippen LogP contribution in [0.4, 0.5) is 5.69 Å². The van der Waals surface area contributed by atoms with Crippen molar-refractivity contribution in [2.24, 2.45) is 0 Å². The second-order valence-electron chi connectivity index (χ2n) is 5.58. The van der Waals surface area contributed by atoms with Gasteiger partial charge >= 0.3 is 0 Å². The fourth-order valence-electron chi connectivity index (χ4n) is 2.39. The van der Waals surface area contributed by atoms with Gasteiger partial charge in [0.25, 0.3) is 0 Å². The number of ketones is 1. The number of benzene rings is 2. The molecule has 0 aliphatic carbocycles. The van der Waals surface area contributed by atoms with Gasteiger partial charge in [0.2, 0.25) is 0 Å². The van der Waals surface area contributed by atoms with Crippen molar-refractivity contribution in [1.82, 2.24) is 0 Å². The Morgan fingerprint density at radius 1 is 1.00 bits per heavy atom. The zero-order valence-corrected chi connectivity index (χ0v) is 13.3. The molecule has 0 radical (unpaired) electrons. The maximum Gasteiger partial charge on any atom is 0.182 e. The van der Waals surface area contributed by atoms with Crippen LogP contribution in [0.5, 0.6) is 0 Å². The lowest BCUT2D eigenvalue weighted by Gasteiger charge is -2.23. The molecule has 0 unspecified atom stereocenters. The monoisotopic (exact) mass is 281 g/mol. The SMILES string of the molecule is CCN(CC(=O)c1ccc(C)c(C)c1)c1cccc(C)c1. The Balaban J connectivity index is 2.18. The van der Waals surface area contributed by atoms with Crippen molar-refractivity contribution in [1.29, 1.82) is 0 Å². The first-order chi connectivity index (χ1) is 10.0. The molecule has 2 aromatic rings. The van der Waals surface area contributed by atoms with E-state index in [-0.39, 0.29) is 5.78 Å². The lowest BCUT2D eigenvalue weighted by atomic mass is 10.0. The molecule has 2 aromatic carbocycles. The predicted octanol–water partition coefficient (Wildman–Crippen LogP) is 4.32. The summed E-state index contributed by atoms with van der Waals surface area (Å²) < 4.78 is 0. The Morgan fingerprint density at radius 3 is 2.38 bits per heavy atom. The van der Waals surface area contributed by atoms with Gasteiger partial charge in [-0.3, -0.25) is 4.79 Å². The number of nitrogens with zero attached hydrogens (tertiary/aromatic N) is 1. The number of Topliss-reactive ketones (excluding diaryl/α,β-unsaturated/α-hetero) is 1. The van der Waals surface area contributed by atoms with E-state index in [2.05, 4.69) is 43.9 Å². The molecule has 0 bridgehead atoms. The summed E-state index contributed by atoms with van der Waals surface area (Å²) >= 11 is 0. The fourth-order valence-corrected chi connectivity index (χ4v) is 2.39. The van der Waals surface area contributed by atoms with E-state index in [0.717, 1.165) is 17.8 Å². The molecule has 2 nitrogen and oxygen atoms in total. The number of rotatable bonds is 5. The lowest BCUT2D eigenvalue weighted by molar-refractivity contribution is 0.0999. The van der Waals surface area contributed by atoms with Crippen LogP contribution < -0.4 is 4.90 Å². The van der Waals surface area contributed by atoms with Gasteiger partial charge < -0.3 is 4.90 Å². The number of carbonyl (C=O) groups excluding carboxylic acids is 1. The quantitative estimate of drug-likeness (QED) is 0.761. The molecule has 2 heteroatoms. The van der Waals surface area contributed by atoms with Crippen LogP contribution in [0, 0.1) is 20.8 Å². The van der Waals surface area contributed by atoms with Crippen LogP contribution >= 0.6 is 0 Å². The molecule has 0 aliphatic heterocycles. The molecule has 0 spiro atoms. The van der Waals surface area contributed by atoms with Gasteiger partial charge in [0.1, 0.15) is 0 Å². The smallest absolute Gasteiger partial charge is 0.182 e. The van der Waals surface area contributed by atoms with Crippen LogP contribution in [0.1, 0.15) is 34.0 Å². The summed E-state index contributed by atoms with van der Waals surface area (Å²) in [6.07, 6.45) is 0. The number of aryl methyl sites for hydroxylation is 3. The topological polar surface area (TPSA) is 20.3 Å². The van der Waals surface area contributed by atoms with E-state index in [9.17, 15) is 4.79 Å². The molecule has 0 aromatic heterocycles. The Labute approximate surface area is 127 Å². The zero-order valence-electron chi connectivity index (χ0n) is 13.3. The van der Waals surface area contributed by atoms with Gasteiger partial charge in [-0.05, 0) is 62.6 Å². The van der Waals surface area contributed by atoms with Gasteiger partial charge in [-0.2, -0.15) is 0 Å². The molecule has 0 N–H and O–H groups in total. The average molecular weight is 281 g/mol. The molecule has 0 aliphatic rings. The van der Waals surface area contributed by atoms with Crippen LogP contribution in [-0.4, -0.2) is 18.9 Å². The second kappa shape index (κ2) is 6.57. The Morgan fingerprint density at radius 2 is 1.76 bits per heavy atom. The molecular formula is C19H23NO. The first-order valence-corrected chi connectivity index (χ1v) is 7.43. The van der Waals surface area contributed by atoms with E-state index in [1.54, 1.807) is 0 Å². The summed E-state index contributed by atoms with van der Waals surface area (Å²) in [6, 6.07) is 14.2. The van der Waals surface area contributed by atoms with Gasteiger partial charge in [-0.1, -0.05) is 24.3 Å². The van der Waals surface area contributed by atoms with Crippen molar-refractivity contribution < 1.29 is 4.79 Å². The number of hydrogen-bond donors (Lipinski definition) is 0. The Hall–Kier alpha value is -2.09. The van der Waals surface area contributed by atoms with Crippen LogP contribution in [-0.2, 0) is 0 Å². The van der Waals surface area contributed by atoms with Crippen molar-refractivity contribution in [3.05, 3.63) is 64.7 Å². The van der Waals surface area contributed by atoms with Gasteiger partial charge in [0.15, 0.2) is 5.78 Å². The molecule has 21 heavy (non-hydrogen) atoms. The molecule has 0 amide bonds. The molecule has 0 saturated heterocycles. The van der Waals surface area contributed by atoms with Gasteiger partial charge in [0, 0.05) is 17.8 Å². The largest absolute Gasteiger partial charge is 0.364 e. The number of hydrogen-bond acceptors (Lipinski definition) is 2. The maximum atomic E-state index is 12.5. The number of anilines is 1. The summed E-state index contributed by atoms with van der Waals surface area (Å²) in [5.41, 5.74) is 5.50.